The lowest BCUT2D eigenvalue weighted by molar-refractivity contribution is 0.0956. The highest BCUT2D eigenvalue weighted by atomic mass is 32.2. The van der Waals surface area contributed by atoms with Gasteiger partial charge in [0.15, 0.2) is 5.16 Å². The number of nitrogens with one attached hydrogen (secondary N) is 2. The van der Waals surface area contributed by atoms with Gasteiger partial charge in [-0.25, -0.2) is 4.98 Å². The number of aryl methyl sites for hydroxylation is 1. The van der Waals surface area contributed by atoms with Gasteiger partial charge in [-0.15, -0.1) is 0 Å². The Morgan fingerprint density at radius 3 is 2.62 bits per heavy atom. The smallest absolute Gasteiger partial charge is 0.251 e. The lowest BCUT2D eigenvalue weighted by Gasteiger charge is -2.04. The number of imidazole rings is 1. The number of hydrogen-bond donors (Lipinski definition) is 2. The topological polar surface area (TPSA) is 57.8 Å². The minimum Gasteiger partial charge on any atom is -0.351 e. The molecule has 1 amide bonds. The summed E-state index contributed by atoms with van der Waals surface area (Å²) in [5, 5.41) is 3.77. The Kier molecular flexibility index (Phi) is 5.33. The second-order valence-corrected chi connectivity index (χ2v) is 6.52. The molecule has 0 aliphatic rings. The number of thioether (sulfide) groups is 1. The molecular weight excluding hydrogens is 318 g/mol. The maximum absolute atomic E-state index is 11.9. The van der Waals surface area contributed by atoms with E-state index in [1.54, 1.807) is 11.8 Å². The Morgan fingerprint density at radius 1 is 1.12 bits per heavy atom. The Labute approximate surface area is 145 Å². The van der Waals surface area contributed by atoms with Crippen LogP contribution in [-0.4, -0.2) is 28.2 Å². The minimum atomic E-state index is -0.0454. The van der Waals surface area contributed by atoms with Crippen molar-refractivity contribution in [1.82, 2.24) is 15.3 Å². The molecule has 0 saturated carbocycles. The molecule has 0 spiro atoms. The summed E-state index contributed by atoms with van der Waals surface area (Å²) in [7, 11) is 0. The number of H-pyrrole nitrogens is 1. The van der Waals surface area contributed by atoms with Crippen molar-refractivity contribution >= 4 is 17.7 Å². The molecule has 2 N–H and O–H groups in total. The van der Waals surface area contributed by atoms with E-state index in [4.69, 9.17) is 0 Å². The summed E-state index contributed by atoms with van der Waals surface area (Å²) in [4.78, 5) is 19.6. The Balaban J connectivity index is 1.47. The highest BCUT2D eigenvalue weighted by Gasteiger charge is 2.06. The number of aromatic nitrogens is 2. The van der Waals surface area contributed by atoms with E-state index in [2.05, 4.69) is 46.5 Å². The molecule has 2 aromatic carbocycles. The van der Waals surface area contributed by atoms with Crippen LogP contribution in [0.15, 0.2) is 66.0 Å². The van der Waals surface area contributed by atoms with Crippen LogP contribution in [0.4, 0.5) is 0 Å². The summed E-state index contributed by atoms with van der Waals surface area (Å²) >= 11 is 1.59. The van der Waals surface area contributed by atoms with Crippen molar-refractivity contribution in [2.75, 3.05) is 12.3 Å². The number of benzene rings is 2. The number of rotatable bonds is 6. The SMILES string of the molecule is Cc1ccc(-c2cnc(SCCNC(=O)c3ccccc3)[nH]2)cc1. The number of amides is 1. The van der Waals surface area contributed by atoms with Gasteiger partial charge < -0.3 is 10.3 Å². The normalized spacial score (nSPS) is 10.5. The average Bonchev–Trinajstić information content (AvgIpc) is 3.09. The molecule has 1 aromatic heterocycles. The van der Waals surface area contributed by atoms with E-state index in [0.29, 0.717) is 12.1 Å². The van der Waals surface area contributed by atoms with Crippen LogP contribution in [0.2, 0.25) is 0 Å². The van der Waals surface area contributed by atoms with Gasteiger partial charge in [0, 0.05) is 17.9 Å². The molecule has 24 heavy (non-hydrogen) atoms. The molecule has 0 bridgehead atoms. The van der Waals surface area contributed by atoms with Crippen molar-refractivity contribution in [3.05, 3.63) is 71.9 Å². The molecule has 0 radical (unpaired) electrons. The fourth-order valence-corrected chi connectivity index (χ4v) is 2.97. The predicted molar refractivity (Wildman–Crippen MR) is 98.3 cm³/mol. The van der Waals surface area contributed by atoms with Crippen LogP contribution in [0.3, 0.4) is 0 Å². The maximum Gasteiger partial charge on any atom is 0.251 e. The standard InChI is InChI=1S/C19H19N3OS/c1-14-7-9-15(10-8-14)17-13-21-19(22-17)24-12-11-20-18(23)16-5-3-2-4-6-16/h2-10,13H,11-12H2,1H3,(H,20,23)(H,21,22). The third-order valence-electron chi connectivity index (χ3n) is 3.58. The average molecular weight is 337 g/mol. The van der Waals surface area contributed by atoms with Crippen molar-refractivity contribution in [3.8, 4) is 11.3 Å². The maximum atomic E-state index is 11.9. The lowest BCUT2D eigenvalue weighted by Crippen LogP contribution is -2.25. The molecule has 0 fully saturated rings. The molecule has 0 aliphatic heterocycles. The van der Waals surface area contributed by atoms with Crippen LogP contribution in [0, 0.1) is 6.92 Å². The summed E-state index contributed by atoms with van der Waals surface area (Å²) in [5.41, 5.74) is 4.05. The zero-order valence-electron chi connectivity index (χ0n) is 13.5. The van der Waals surface area contributed by atoms with Gasteiger partial charge in [0.05, 0.1) is 11.9 Å². The van der Waals surface area contributed by atoms with Crippen molar-refractivity contribution < 1.29 is 4.79 Å². The van der Waals surface area contributed by atoms with Crippen LogP contribution >= 0.6 is 11.8 Å². The van der Waals surface area contributed by atoms with Gasteiger partial charge in [0.25, 0.3) is 5.91 Å². The molecule has 122 valence electrons. The van der Waals surface area contributed by atoms with E-state index in [1.165, 1.54) is 5.56 Å². The quantitative estimate of drug-likeness (QED) is 0.530. The molecule has 1 heterocycles. The Hall–Kier alpha value is -2.53. The number of hydrogen-bond acceptors (Lipinski definition) is 3. The molecule has 0 unspecified atom stereocenters. The van der Waals surface area contributed by atoms with Gasteiger partial charge >= 0.3 is 0 Å². The first kappa shape index (κ1) is 16.3. The minimum absolute atomic E-state index is 0.0454. The van der Waals surface area contributed by atoms with Crippen LogP contribution < -0.4 is 5.32 Å². The molecule has 3 rings (SSSR count). The fraction of sp³-hybridized carbons (Fsp3) is 0.158. The van der Waals surface area contributed by atoms with E-state index >= 15 is 0 Å². The third-order valence-corrected chi connectivity index (χ3v) is 4.47. The zero-order chi connectivity index (χ0) is 16.8. The van der Waals surface area contributed by atoms with Gasteiger partial charge in [0.1, 0.15) is 0 Å². The second-order valence-electron chi connectivity index (χ2n) is 5.44. The third kappa shape index (κ3) is 4.26. The number of aromatic amines is 1. The van der Waals surface area contributed by atoms with Gasteiger partial charge in [-0.1, -0.05) is 59.8 Å². The number of carbonyl (C=O) groups is 1. The molecule has 3 aromatic rings. The lowest BCUT2D eigenvalue weighted by atomic mass is 10.1. The summed E-state index contributed by atoms with van der Waals surface area (Å²) < 4.78 is 0. The van der Waals surface area contributed by atoms with Crippen LogP contribution in [-0.2, 0) is 0 Å². The van der Waals surface area contributed by atoms with Crippen molar-refractivity contribution in [2.24, 2.45) is 0 Å². The first-order chi connectivity index (χ1) is 11.7. The van der Waals surface area contributed by atoms with E-state index in [9.17, 15) is 4.79 Å². The largest absolute Gasteiger partial charge is 0.351 e. The van der Waals surface area contributed by atoms with Crippen LogP contribution in [0.25, 0.3) is 11.3 Å². The molecule has 5 heteroatoms. The molecular formula is C19H19N3OS. The van der Waals surface area contributed by atoms with Gasteiger partial charge in [-0.3, -0.25) is 4.79 Å². The Morgan fingerprint density at radius 2 is 1.88 bits per heavy atom. The summed E-state index contributed by atoms with van der Waals surface area (Å²) in [5.74, 6) is 0.718. The zero-order valence-corrected chi connectivity index (χ0v) is 14.3. The second kappa shape index (κ2) is 7.84. The summed E-state index contributed by atoms with van der Waals surface area (Å²) in [6.07, 6.45) is 1.84. The van der Waals surface area contributed by atoms with E-state index in [0.717, 1.165) is 22.2 Å². The number of carbonyl (C=O) groups excluding carboxylic acids is 1. The van der Waals surface area contributed by atoms with Gasteiger partial charge in [-0.05, 0) is 24.6 Å². The first-order valence-corrected chi connectivity index (χ1v) is 8.79. The number of nitrogens with zero attached hydrogens (tertiary/aromatic N) is 1. The molecule has 0 saturated heterocycles. The highest BCUT2D eigenvalue weighted by Crippen LogP contribution is 2.21. The molecule has 0 atom stereocenters. The summed E-state index contributed by atoms with van der Waals surface area (Å²) in [6.45, 7) is 2.67. The van der Waals surface area contributed by atoms with E-state index in [1.807, 2.05) is 36.5 Å². The van der Waals surface area contributed by atoms with E-state index < -0.39 is 0 Å². The first-order valence-electron chi connectivity index (χ1n) is 7.80. The Bertz CT molecular complexity index is 797. The van der Waals surface area contributed by atoms with E-state index in [-0.39, 0.29) is 5.91 Å². The highest BCUT2D eigenvalue weighted by molar-refractivity contribution is 7.99. The van der Waals surface area contributed by atoms with Crippen molar-refractivity contribution in [1.29, 1.82) is 0 Å². The molecule has 0 aliphatic carbocycles. The van der Waals surface area contributed by atoms with Crippen LogP contribution in [0.5, 0.6) is 0 Å². The van der Waals surface area contributed by atoms with Crippen LogP contribution in [0.1, 0.15) is 15.9 Å². The van der Waals surface area contributed by atoms with Crippen molar-refractivity contribution in [3.63, 3.8) is 0 Å². The molecule has 4 nitrogen and oxygen atoms in total. The monoisotopic (exact) mass is 337 g/mol. The van der Waals surface area contributed by atoms with Gasteiger partial charge in [0.2, 0.25) is 0 Å². The van der Waals surface area contributed by atoms with Crippen molar-refractivity contribution in [2.45, 2.75) is 12.1 Å². The predicted octanol–water partition coefficient (Wildman–Crippen LogP) is 3.91. The van der Waals surface area contributed by atoms with Gasteiger partial charge in [-0.2, -0.15) is 0 Å². The summed E-state index contributed by atoms with van der Waals surface area (Å²) in [6, 6.07) is 17.6. The fourth-order valence-electron chi connectivity index (χ4n) is 2.26.